The van der Waals surface area contributed by atoms with E-state index in [9.17, 15) is 9.59 Å². The second-order valence-electron chi connectivity index (χ2n) is 8.42. The second-order valence-corrected chi connectivity index (χ2v) is 9.45. The first-order valence-electron chi connectivity index (χ1n) is 11.0. The van der Waals surface area contributed by atoms with Crippen LogP contribution < -0.4 is 5.32 Å². The molecule has 1 aliphatic carbocycles. The van der Waals surface area contributed by atoms with Gasteiger partial charge in [0.15, 0.2) is 0 Å². The summed E-state index contributed by atoms with van der Waals surface area (Å²) in [6, 6.07) is 19.9. The monoisotopic (exact) mass is 447 g/mol. The number of benzene rings is 2. The van der Waals surface area contributed by atoms with Gasteiger partial charge < -0.3 is 15.1 Å². The summed E-state index contributed by atoms with van der Waals surface area (Å²) < 4.78 is 0. The molecular formula is C26H29N3O2S. The van der Waals surface area contributed by atoms with Crippen molar-refractivity contribution in [1.29, 1.82) is 0 Å². The van der Waals surface area contributed by atoms with Crippen molar-refractivity contribution >= 4 is 29.0 Å². The van der Waals surface area contributed by atoms with Crippen LogP contribution in [-0.2, 0) is 17.9 Å². The van der Waals surface area contributed by atoms with E-state index >= 15 is 0 Å². The fourth-order valence-electron chi connectivity index (χ4n) is 3.77. The third-order valence-electron chi connectivity index (χ3n) is 5.67. The fourth-order valence-corrected chi connectivity index (χ4v) is 4.49. The zero-order chi connectivity index (χ0) is 22.5. The number of anilines is 1. The number of nitrogens with one attached hydrogen (secondary N) is 1. The summed E-state index contributed by atoms with van der Waals surface area (Å²) in [7, 11) is 0. The summed E-state index contributed by atoms with van der Waals surface area (Å²) in [5.74, 6) is -0.0371. The molecule has 0 unspecified atom stereocenters. The smallest absolute Gasteiger partial charge is 0.322 e. The number of thiophene rings is 1. The number of aryl methyl sites for hydroxylation is 2. The number of urea groups is 1. The van der Waals surface area contributed by atoms with Crippen LogP contribution in [-0.4, -0.2) is 34.3 Å². The van der Waals surface area contributed by atoms with Gasteiger partial charge in [-0.2, -0.15) is 0 Å². The van der Waals surface area contributed by atoms with Gasteiger partial charge in [0.2, 0.25) is 5.91 Å². The van der Waals surface area contributed by atoms with Gasteiger partial charge in [0, 0.05) is 23.2 Å². The number of rotatable bonds is 8. The maximum absolute atomic E-state index is 13.4. The van der Waals surface area contributed by atoms with Crippen LogP contribution in [0.1, 0.15) is 34.4 Å². The Hall–Kier alpha value is -3.12. The van der Waals surface area contributed by atoms with Crippen LogP contribution in [0.5, 0.6) is 0 Å². The Bertz CT molecular complexity index is 1060. The van der Waals surface area contributed by atoms with Gasteiger partial charge in [-0.25, -0.2) is 4.79 Å². The molecule has 3 amide bonds. The lowest BCUT2D eigenvalue weighted by molar-refractivity contribution is -0.133. The average Bonchev–Trinajstić information content (AvgIpc) is 3.49. The molecule has 0 bridgehead atoms. The first kappa shape index (κ1) is 22.1. The zero-order valence-corrected chi connectivity index (χ0v) is 19.4. The molecule has 1 aliphatic rings. The van der Waals surface area contributed by atoms with Crippen molar-refractivity contribution in [3.63, 3.8) is 0 Å². The van der Waals surface area contributed by atoms with Crippen LogP contribution in [0.3, 0.4) is 0 Å². The summed E-state index contributed by atoms with van der Waals surface area (Å²) in [5, 5.41) is 5.04. The van der Waals surface area contributed by atoms with Gasteiger partial charge in [-0.15, -0.1) is 11.3 Å². The summed E-state index contributed by atoms with van der Waals surface area (Å²) in [6.45, 7) is 5.16. The minimum absolute atomic E-state index is 0.0371. The van der Waals surface area contributed by atoms with E-state index < -0.39 is 0 Å². The molecule has 1 N–H and O–H groups in total. The van der Waals surface area contributed by atoms with Crippen molar-refractivity contribution in [1.82, 2.24) is 9.80 Å². The van der Waals surface area contributed by atoms with Gasteiger partial charge in [0.05, 0.1) is 6.54 Å². The molecule has 1 heterocycles. The lowest BCUT2D eigenvalue weighted by atomic mass is 10.1. The van der Waals surface area contributed by atoms with Crippen molar-refractivity contribution in [2.45, 2.75) is 45.8 Å². The summed E-state index contributed by atoms with van der Waals surface area (Å²) in [4.78, 5) is 31.2. The molecule has 4 rings (SSSR count). The molecule has 0 aliphatic heterocycles. The van der Waals surface area contributed by atoms with Crippen molar-refractivity contribution in [3.8, 4) is 0 Å². The van der Waals surface area contributed by atoms with Crippen molar-refractivity contribution in [2.75, 3.05) is 11.9 Å². The van der Waals surface area contributed by atoms with Crippen molar-refractivity contribution in [2.24, 2.45) is 0 Å². The summed E-state index contributed by atoms with van der Waals surface area (Å²) >= 11 is 1.64. The Morgan fingerprint density at radius 2 is 1.78 bits per heavy atom. The molecular weight excluding hydrogens is 418 g/mol. The molecule has 0 saturated heterocycles. The molecule has 1 saturated carbocycles. The van der Waals surface area contributed by atoms with Crippen LogP contribution in [0.15, 0.2) is 66.0 Å². The molecule has 1 aromatic heterocycles. The fraction of sp³-hybridized carbons (Fsp3) is 0.308. The third kappa shape index (κ3) is 5.77. The minimum Gasteiger partial charge on any atom is -0.332 e. The first-order valence-corrected chi connectivity index (χ1v) is 11.9. The van der Waals surface area contributed by atoms with Crippen molar-refractivity contribution in [3.05, 3.63) is 87.6 Å². The van der Waals surface area contributed by atoms with E-state index in [-0.39, 0.29) is 24.5 Å². The van der Waals surface area contributed by atoms with Gasteiger partial charge in [-0.1, -0.05) is 54.1 Å². The highest BCUT2D eigenvalue weighted by Crippen LogP contribution is 2.28. The highest BCUT2D eigenvalue weighted by molar-refractivity contribution is 7.09. The number of carbonyl (C=O) groups excluding carboxylic acids is 2. The predicted octanol–water partition coefficient (Wildman–Crippen LogP) is 5.59. The van der Waals surface area contributed by atoms with E-state index in [2.05, 4.69) is 5.32 Å². The number of hydrogen-bond donors (Lipinski definition) is 1. The van der Waals surface area contributed by atoms with E-state index in [4.69, 9.17) is 0 Å². The Balaban J connectivity index is 1.48. The van der Waals surface area contributed by atoms with Crippen molar-refractivity contribution < 1.29 is 9.59 Å². The largest absolute Gasteiger partial charge is 0.332 e. The molecule has 0 radical (unpaired) electrons. The highest BCUT2D eigenvalue weighted by atomic mass is 32.1. The topological polar surface area (TPSA) is 52.7 Å². The Morgan fingerprint density at radius 1 is 1.00 bits per heavy atom. The van der Waals surface area contributed by atoms with Gasteiger partial charge >= 0.3 is 6.03 Å². The van der Waals surface area contributed by atoms with Crippen LogP contribution in [0.4, 0.5) is 10.5 Å². The SMILES string of the molecule is Cc1ccc(NC(=O)N(CC(=O)N(Cc2ccccc2)Cc2cccs2)C2CC2)c(C)c1. The van der Waals surface area contributed by atoms with Crippen LogP contribution in [0.25, 0.3) is 0 Å². The molecule has 0 spiro atoms. The summed E-state index contributed by atoms with van der Waals surface area (Å²) in [6.07, 6.45) is 1.88. The number of hydrogen-bond acceptors (Lipinski definition) is 3. The molecule has 5 nitrogen and oxygen atoms in total. The minimum atomic E-state index is -0.205. The lowest BCUT2D eigenvalue weighted by Crippen LogP contribution is -2.45. The van der Waals surface area contributed by atoms with Crippen LogP contribution in [0, 0.1) is 13.8 Å². The van der Waals surface area contributed by atoms with E-state index in [0.29, 0.717) is 13.1 Å². The first-order chi connectivity index (χ1) is 15.5. The van der Waals surface area contributed by atoms with Gasteiger partial charge in [-0.05, 0) is 55.3 Å². The van der Waals surface area contributed by atoms with E-state index in [0.717, 1.165) is 40.1 Å². The molecule has 32 heavy (non-hydrogen) atoms. The van der Waals surface area contributed by atoms with Crippen LogP contribution in [0.2, 0.25) is 0 Å². The molecule has 1 fully saturated rings. The Kier molecular flexibility index (Phi) is 6.90. The van der Waals surface area contributed by atoms with Gasteiger partial charge in [-0.3, -0.25) is 4.79 Å². The standard InChI is InChI=1S/C26H29N3O2S/c1-19-10-13-24(20(2)15-19)27-26(31)29(22-11-12-22)18-25(30)28(17-23-9-6-14-32-23)16-21-7-4-3-5-8-21/h3-10,13-15,22H,11-12,16-18H2,1-2H3,(H,27,31). The van der Waals surface area contributed by atoms with Crippen LogP contribution >= 0.6 is 11.3 Å². The number of nitrogens with zero attached hydrogens (tertiary/aromatic N) is 2. The van der Waals surface area contributed by atoms with E-state index in [1.54, 1.807) is 16.2 Å². The van der Waals surface area contributed by atoms with Gasteiger partial charge in [0.1, 0.15) is 6.54 Å². The van der Waals surface area contributed by atoms with Gasteiger partial charge in [0.25, 0.3) is 0 Å². The Morgan fingerprint density at radius 3 is 2.44 bits per heavy atom. The normalized spacial score (nSPS) is 12.9. The Labute approximate surface area is 193 Å². The molecule has 0 atom stereocenters. The molecule has 3 aromatic rings. The maximum atomic E-state index is 13.4. The summed E-state index contributed by atoms with van der Waals surface area (Å²) in [5.41, 5.74) is 4.04. The second kappa shape index (κ2) is 10.0. The molecule has 2 aromatic carbocycles. The maximum Gasteiger partial charge on any atom is 0.322 e. The quantitative estimate of drug-likeness (QED) is 0.489. The highest BCUT2D eigenvalue weighted by Gasteiger charge is 2.35. The molecule has 6 heteroatoms. The zero-order valence-electron chi connectivity index (χ0n) is 18.6. The molecule has 166 valence electrons. The number of amides is 3. The number of carbonyl (C=O) groups is 2. The third-order valence-corrected chi connectivity index (χ3v) is 6.53. The van der Waals surface area contributed by atoms with E-state index in [1.165, 1.54) is 0 Å². The predicted molar refractivity (Wildman–Crippen MR) is 130 cm³/mol. The average molecular weight is 448 g/mol. The lowest BCUT2D eigenvalue weighted by Gasteiger charge is -2.28. The van der Waals surface area contributed by atoms with E-state index in [1.807, 2.05) is 84.8 Å².